The predicted molar refractivity (Wildman–Crippen MR) is 131 cm³/mol. The summed E-state index contributed by atoms with van der Waals surface area (Å²) in [6, 6.07) is 16.3. The molecule has 0 aliphatic rings. The normalized spacial score (nSPS) is 11.2. The fourth-order valence-electron chi connectivity index (χ4n) is 4.06. The average molecular weight is 457 g/mol. The molecule has 7 nitrogen and oxygen atoms in total. The molecule has 0 unspecified atom stereocenters. The lowest BCUT2D eigenvalue weighted by molar-refractivity contribution is -0.116. The quantitative estimate of drug-likeness (QED) is 0.391. The number of carbonyl (C=O) groups is 1. The molecule has 0 spiro atoms. The van der Waals surface area contributed by atoms with E-state index in [0.717, 1.165) is 27.2 Å². The van der Waals surface area contributed by atoms with Gasteiger partial charge in [-0.2, -0.15) is 10.2 Å². The van der Waals surface area contributed by atoms with Crippen LogP contribution in [-0.2, 0) is 17.9 Å². The summed E-state index contributed by atoms with van der Waals surface area (Å²) >= 11 is 1.67. The number of hydrogen-bond donors (Lipinski definition) is 1. The first-order valence-corrected chi connectivity index (χ1v) is 11.6. The van der Waals surface area contributed by atoms with Crippen LogP contribution in [0.15, 0.2) is 60.1 Å². The summed E-state index contributed by atoms with van der Waals surface area (Å²) in [7, 11) is 0. The van der Waals surface area contributed by atoms with Crippen LogP contribution in [0.5, 0.6) is 0 Å². The number of nitrogens with zero attached hydrogens (tertiary/aromatic N) is 5. The zero-order valence-corrected chi connectivity index (χ0v) is 19.6. The Morgan fingerprint density at radius 2 is 1.91 bits per heavy atom. The van der Waals surface area contributed by atoms with Crippen LogP contribution in [-0.4, -0.2) is 30.5 Å². The van der Waals surface area contributed by atoms with Gasteiger partial charge in [0.05, 0.1) is 17.6 Å². The van der Waals surface area contributed by atoms with Gasteiger partial charge in [0.2, 0.25) is 5.91 Å². The van der Waals surface area contributed by atoms with Crippen molar-refractivity contribution in [3.8, 4) is 10.4 Å². The summed E-state index contributed by atoms with van der Waals surface area (Å²) in [6.45, 7) is 6.73. The zero-order valence-electron chi connectivity index (χ0n) is 18.7. The van der Waals surface area contributed by atoms with Crippen molar-refractivity contribution in [3.63, 3.8) is 0 Å². The van der Waals surface area contributed by atoms with Crippen molar-refractivity contribution >= 4 is 34.1 Å². The van der Waals surface area contributed by atoms with E-state index < -0.39 is 0 Å². The molecule has 4 aromatic heterocycles. The van der Waals surface area contributed by atoms with E-state index in [1.807, 2.05) is 42.8 Å². The molecular formula is C25H24N6OS. The number of carbonyl (C=O) groups excluding carboxylic acids is 1. The molecule has 8 heteroatoms. The van der Waals surface area contributed by atoms with Crippen molar-refractivity contribution in [1.82, 2.24) is 24.5 Å². The maximum Gasteiger partial charge on any atom is 0.247 e. The van der Waals surface area contributed by atoms with Crippen LogP contribution in [0.3, 0.4) is 0 Å². The number of pyridine rings is 1. The molecule has 0 radical (unpaired) electrons. The molecule has 0 saturated heterocycles. The summed E-state index contributed by atoms with van der Waals surface area (Å²) in [5.74, 6) is 0.341. The first-order chi connectivity index (χ1) is 16.0. The molecule has 0 fully saturated rings. The van der Waals surface area contributed by atoms with Crippen molar-refractivity contribution in [3.05, 3.63) is 82.6 Å². The second-order valence-electron chi connectivity index (χ2n) is 8.14. The highest BCUT2D eigenvalue weighted by atomic mass is 32.1. The van der Waals surface area contributed by atoms with Crippen LogP contribution in [0.1, 0.15) is 22.5 Å². The van der Waals surface area contributed by atoms with Crippen molar-refractivity contribution in [2.24, 2.45) is 0 Å². The van der Waals surface area contributed by atoms with Crippen LogP contribution in [0.4, 0.5) is 5.82 Å². The van der Waals surface area contributed by atoms with Crippen LogP contribution < -0.4 is 5.32 Å². The Labute approximate surface area is 195 Å². The lowest BCUT2D eigenvalue weighted by Crippen LogP contribution is -2.20. The van der Waals surface area contributed by atoms with Crippen molar-refractivity contribution in [2.75, 3.05) is 5.32 Å². The fraction of sp³-hybridized carbons (Fsp3) is 0.200. The third-order valence-corrected chi connectivity index (χ3v) is 6.45. The summed E-state index contributed by atoms with van der Waals surface area (Å²) in [4.78, 5) is 18.5. The van der Waals surface area contributed by atoms with E-state index in [4.69, 9.17) is 0 Å². The molecular weight excluding hydrogens is 432 g/mol. The highest BCUT2D eigenvalue weighted by Crippen LogP contribution is 2.32. The summed E-state index contributed by atoms with van der Waals surface area (Å²) < 4.78 is 3.56. The second-order valence-corrected chi connectivity index (χ2v) is 9.09. The van der Waals surface area contributed by atoms with Gasteiger partial charge < -0.3 is 5.32 Å². The first kappa shape index (κ1) is 21.1. The highest BCUT2D eigenvalue weighted by Gasteiger charge is 2.17. The third-order valence-electron chi connectivity index (χ3n) is 5.55. The number of fused-ring (bicyclic) bond motifs is 1. The second kappa shape index (κ2) is 8.63. The minimum absolute atomic E-state index is 0.0645. The largest absolute Gasteiger partial charge is 0.308 e. The van der Waals surface area contributed by atoms with E-state index in [1.54, 1.807) is 22.2 Å². The minimum Gasteiger partial charge on any atom is -0.308 e. The third kappa shape index (κ3) is 4.29. The summed E-state index contributed by atoms with van der Waals surface area (Å²) in [6.07, 6.45) is 1.77. The van der Waals surface area contributed by atoms with E-state index >= 15 is 0 Å². The topological polar surface area (TPSA) is 77.6 Å². The van der Waals surface area contributed by atoms with Gasteiger partial charge in [0.1, 0.15) is 6.54 Å². The van der Waals surface area contributed by atoms with Crippen LogP contribution >= 0.6 is 11.3 Å². The Kier molecular flexibility index (Phi) is 5.51. The van der Waals surface area contributed by atoms with E-state index in [1.165, 1.54) is 11.1 Å². The summed E-state index contributed by atoms with van der Waals surface area (Å²) in [5.41, 5.74) is 6.01. The van der Waals surface area contributed by atoms with Crippen molar-refractivity contribution < 1.29 is 4.79 Å². The molecule has 33 heavy (non-hydrogen) atoms. The van der Waals surface area contributed by atoms with Gasteiger partial charge >= 0.3 is 0 Å². The number of aryl methyl sites for hydroxylation is 3. The van der Waals surface area contributed by atoms with Crippen LogP contribution in [0, 0.1) is 20.8 Å². The molecule has 1 N–H and O–H groups in total. The van der Waals surface area contributed by atoms with E-state index in [9.17, 15) is 4.79 Å². The van der Waals surface area contributed by atoms with Gasteiger partial charge in [0, 0.05) is 28.4 Å². The number of thiophene rings is 1. The number of nitrogens with one attached hydrogen (secondary N) is 1. The number of amides is 1. The monoisotopic (exact) mass is 456 g/mol. The zero-order chi connectivity index (χ0) is 22.9. The number of rotatable bonds is 6. The van der Waals surface area contributed by atoms with Crippen molar-refractivity contribution in [2.45, 2.75) is 33.9 Å². The van der Waals surface area contributed by atoms with E-state index in [-0.39, 0.29) is 12.5 Å². The molecule has 1 amide bonds. The fourth-order valence-corrected chi connectivity index (χ4v) is 4.82. The molecule has 5 rings (SSSR count). The molecule has 166 valence electrons. The Hall–Kier alpha value is -3.78. The van der Waals surface area contributed by atoms with Crippen LogP contribution in [0.2, 0.25) is 0 Å². The first-order valence-electron chi connectivity index (χ1n) is 10.7. The number of hydrogen-bond acceptors (Lipinski definition) is 5. The lowest BCUT2D eigenvalue weighted by atomic mass is 10.1. The number of anilines is 1. The van der Waals surface area contributed by atoms with Gasteiger partial charge in [-0.05, 0) is 43.8 Å². The number of aromatic nitrogens is 5. The van der Waals surface area contributed by atoms with Gasteiger partial charge in [-0.3, -0.25) is 9.48 Å². The highest BCUT2D eigenvalue weighted by molar-refractivity contribution is 7.13. The van der Waals surface area contributed by atoms with Crippen molar-refractivity contribution in [1.29, 1.82) is 0 Å². The maximum absolute atomic E-state index is 12.8. The van der Waals surface area contributed by atoms with E-state index in [2.05, 4.69) is 57.1 Å². The van der Waals surface area contributed by atoms with Gasteiger partial charge in [-0.1, -0.05) is 35.9 Å². The summed E-state index contributed by atoms with van der Waals surface area (Å²) in [5, 5.41) is 15.1. The Bertz CT molecular complexity index is 1450. The smallest absolute Gasteiger partial charge is 0.247 e. The van der Waals surface area contributed by atoms with E-state index in [0.29, 0.717) is 18.0 Å². The lowest BCUT2D eigenvalue weighted by Gasteiger charge is -2.06. The molecule has 0 atom stereocenters. The van der Waals surface area contributed by atoms with Crippen LogP contribution in [0.25, 0.3) is 21.5 Å². The molecule has 1 aromatic carbocycles. The van der Waals surface area contributed by atoms with Gasteiger partial charge in [0.15, 0.2) is 11.5 Å². The molecule has 0 aliphatic heterocycles. The Morgan fingerprint density at radius 3 is 2.70 bits per heavy atom. The number of benzene rings is 1. The van der Waals surface area contributed by atoms with Gasteiger partial charge in [0.25, 0.3) is 0 Å². The standard InChI is InChI=1S/C25H24N6OS/c1-16-6-4-7-19(12-16)14-30-17(2)13-22(29-30)27-23(32)15-31-25-24(18(3)28-31)20(9-10-26-25)21-8-5-11-33-21/h4-13H,14-15H2,1-3H3,(H,27,29,32). The SMILES string of the molecule is Cc1cccc(Cn2nc(NC(=O)Cn3nc(C)c4c(-c5cccs5)ccnc43)cc2C)c1. The molecule has 0 saturated carbocycles. The molecule has 5 aromatic rings. The average Bonchev–Trinajstić information content (AvgIpc) is 3.49. The molecule has 4 heterocycles. The maximum atomic E-state index is 12.8. The Morgan fingerprint density at radius 1 is 1.03 bits per heavy atom. The molecule has 0 bridgehead atoms. The van der Waals surface area contributed by atoms with Gasteiger partial charge in [-0.15, -0.1) is 11.3 Å². The Balaban J connectivity index is 1.34. The predicted octanol–water partition coefficient (Wildman–Crippen LogP) is 4.97. The van der Waals surface area contributed by atoms with Gasteiger partial charge in [-0.25, -0.2) is 9.67 Å². The molecule has 0 aliphatic carbocycles. The minimum atomic E-state index is -0.192.